The zero-order chi connectivity index (χ0) is 23.0. The lowest BCUT2D eigenvalue weighted by Gasteiger charge is -2.41. The van der Waals surface area contributed by atoms with Crippen LogP contribution in [0.15, 0.2) is 36.4 Å². The van der Waals surface area contributed by atoms with Gasteiger partial charge in [0.15, 0.2) is 0 Å². The van der Waals surface area contributed by atoms with Crippen LogP contribution < -0.4 is 5.32 Å². The standard InChI is InChI=1S/C25H34F2N4O/c1-16(17-9-6-5-7-10-17)24(32)30-12-8-11-18(15-30)19-13-20(23(26)27)31-22(28-19)14-21(29-31)25(2,3)4/h5-7,9-10,14,16,18-20,23,28H,8,11-13,15H2,1-4H3/t16?,18?,19-,20+/m0/s1. The summed E-state index contributed by atoms with van der Waals surface area (Å²) in [4.78, 5) is 15.1. The molecule has 174 valence electrons. The largest absolute Gasteiger partial charge is 0.367 e. The molecule has 0 aliphatic carbocycles. The van der Waals surface area contributed by atoms with E-state index >= 15 is 0 Å². The predicted octanol–water partition coefficient (Wildman–Crippen LogP) is 5.21. The van der Waals surface area contributed by atoms with E-state index < -0.39 is 12.5 Å². The molecule has 2 aromatic rings. The van der Waals surface area contributed by atoms with E-state index in [1.165, 1.54) is 4.68 Å². The Labute approximate surface area is 189 Å². The highest BCUT2D eigenvalue weighted by molar-refractivity contribution is 5.83. The van der Waals surface area contributed by atoms with E-state index in [1.54, 1.807) is 0 Å². The molecular formula is C25H34F2N4O. The van der Waals surface area contributed by atoms with Gasteiger partial charge in [0.25, 0.3) is 6.43 Å². The Morgan fingerprint density at radius 2 is 1.94 bits per heavy atom. The van der Waals surface area contributed by atoms with Gasteiger partial charge in [-0.25, -0.2) is 13.5 Å². The summed E-state index contributed by atoms with van der Waals surface area (Å²) in [6.07, 6.45) is -0.346. The topological polar surface area (TPSA) is 50.2 Å². The molecule has 0 spiro atoms. The third kappa shape index (κ3) is 4.52. The van der Waals surface area contributed by atoms with Gasteiger partial charge in [-0.3, -0.25) is 4.79 Å². The number of amides is 1. The maximum absolute atomic E-state index is 14.0. The molecule has 7 heteroatoms. The van der Waals surface area contributed by atoms with Crippen LogP contribution in [0.3, 0.4) is 0 Å². The number of hydrogen-bond donors (Lipinski definition) is 1. The lowest BCUT2D eigenvalue weighted by atomic mass is 9.85. The lowest BCUT2D eigenvalue weighted by molar-refractivity contribution is -0.134. The van der Waals surface area contributed by atoms with Crippen LogP contribution in [0, 0.1) is 5.92 Å². The van der Waals surface area contributed by atoms with Crippen LogP contribution in [-0.4, -0.2) is 46.1 Å². The molecule has 1 saturated heterocycles. The van der Waals surface area contributed by atoms with Crippen molar-refractivity contribution < 1.29 is 13.6 Å². The molecule has 3 heterocycles. The van der Waals surface area contributed by atoms with Crippen LogP contribution in [0.1, 0.15) is 70.2 Å². The van der Waals surface area contributed by atoms with E-state index in [2.05, 4.69) is 10.4 Å². The van der Waals surface area contributed by atoms with Gasteiger partial charge in [-0.2, -0.15) is 5.10 Å². The molecule has 5 nitrogen and oxygen atoms in total. The number of likely N-dealkylation sites (tertiary alicyclic amines) is 1. The summed E-state index contributed by atoms with van der Waals surface area (Å²) in [6.45, 7) is 9.38. The Morgan fingerprint density at radius 1 is 1.22 bits per heavy atom. The minimum atomic E-state index is -2.48. The monoisotopic (exact) mass is 444 g/mol. The Balaban J connectivity index is 1.51. The second-order valence-electron chi connectivity index (χ2n) is 10.3. The third-order valence-corrected chi connectivity index (χ3v) is 6.95. The molecule has 0 bridgehead atoms. The lowest BCUT2D eigenvalue weighted by Crippen LogP contribution is -2.49. The first-order chi connectivity index (χ1) is 15.1. The molecule has 1 amide bonds. The average molecular weight is 445 g/mol. The highest BCUT2D eigenvalue weighted by Gasteiger charge is 2.40. The number of nitrogens with one attached hydrogen (secondary N) is 1. The first kappa shape index (κ1) is 22.7. The predicted molar refractivity (Wildman–Crippen MR) is 122 cm³/mol. The zero-order valence-electron chi connectivity index (χ0n) is 19.4. The van der Waals surface area contributed by atoms with Crippen LogP contribution >= 0.6 is 0 Å². The molecular weight excluding hydrogens is 410 g/mol. The smallest absolute Gasteiger partial charge is 0.260 e. The van der Waals surface area contributed by atoms with E-state index in [-0.39, 0.29) is 29.2 Å². The molecule has 2 unspecified atom stereocenters. The van der Waals surface area contributed by atoms with Gasteiger partial charge >= 0.3 is 0 Å². The SMILES string of the molecule is CC(C(=O)N1CCCC([C@@H]2C[C@H](C(F)F)n3nc(C(C)(C)C)cc3N2)C1)c1ccccc1. The number of alkyl halides is 2. The number of benzene rings is 1. The van der Waals surface area contributed by atoms with Gasteiger partial charge in [0, 0.05) is 30.6 Å². The molecule has 1 N–H and O–H groups in total. The van der Waals surface area contributed by atoms with Gasteiger partial charge in [0.1, 0.15) is 11.9 Å². The van der Waals surface area contributed by atoms with Gasteiger partial charge in [-0.05, 0) is 37.7 Å². The van der Waals surface area contributed by atoms with Crippen LogP contribution in [0.5, 0.6) is 0 Å². The highest BCUT2D eigenvalue weighted by Crippen LogP contribution is 2.38. The molecule has 2 aliphatic heterocycles. The van der Waals surface area contributed by atoms with Crippen LogP contribution in [0.2, 0.25) is 0 Å². The second-order valence-corrected chi connectivity index (χ2v) is 10.3. The van der Waals surface area contributed by atoms with Gasteiger partial charge < -0.3 is 10.2 Å². The summed E-state index contributed by atoms with van der Waals surface area (Å²) in [7, 11) is 0. The number of aromatic nitrogens is 2. The van der Waals surface area contributed by atoms with Crippen molar-refractivity contribution in [3.8, 4) is 0 Å². The number of fused-ring (bicyclic) bond motifs is 1. The Morgan fingerprint density at radius 3 is 2.59 bits per heavy atom. The first-order valence-corrected chi connectivity index (χ1v) is 11.6. The minimum Gasteiger partial charge on any atom is -0.367 e. The summed E-state index contributed by atoms with van der Waals surface area (Å²) in [6, 6.07) is 10.7. The number of rotatable bonds is 4. The van der Waals surface area contributed by atoms with Crippen LogP contribution in [-0.2, 0) is 10.2 Å². The van der Waals surface area contributed by atoms with Crippen LogP contribution in [0.25, 0.3) is 0 Å². The van der Waals surface area contributed by atoms with Crippen molar-refractivity contribution in [1.29, 1.82) is 0 Å². The highest BCUT2D eigenvalue weighted by atomic mass is 19.3. The Kier molecular flexibility index (Phi) is 6.28. The quantitative estimate of drug-likeness (QED) is 0.704. The second kappa shape index (κ2) is 8.83. The van der Waals surface area contributed by atoms with Gasteiger partial charge in [0.05, 0.1) is 11.6 Å². The summed E-state index contributed by atoms with van der Waals surface area (Å²) >= 11 is 0. The number of hydrogen-bond acceptors (Lipinski definition) is 3. The van der Waals surface area contributed by atoms with E-state index in [0.29, 0.717) is 18.8 Å². The van der Waals surface area contributed by atoms with Crippen molar-refractivity contribution in [2.24, 2.45) is 5.92 Å². The molecule has 0 saturated carbocycles. The Hall–Kier alpha value is -2.44. The third-order valence-electron chi connectivity index (χ3n) is 6.95. The van der Waals surface area contributed by atoms with Gasteiger partial charge in [-0.15, -0.1) is 0 Å². The van der Waals surface area contributed by atoms with E-state index in [9.17, 15) is 13.6 Å². The number of piperidine rings is 1. The van der Waals surface area contributed by atoms with Crippen molar-refractivity contribution in [2.75, 3.05) is 18.4 Å². The zero-order valence-corrected chi connectivity index (χ0v) is 19.4. The number of nitrogens with zero attached hydrogens (tertiary/aromatic N) is 3. The molecule has 1 fully saturated rings. The molecule has 1 aromatic carbocycles. The molecule has 2 aliphatic rings. The Bertz CT molecular complexity index is 937. The molecule has 1 aromatic heterocycles. The van der Waals surface area contributed by atoms with Crippen molar-refractivity contribution in [3.63, 3.8) is 0 Å². The number of anilines is 1. The first-order valence-electron chi connectivity index (χ1n) is 11.6. The molecule has 4 rings (SSSR count). The summed E-state index contributed by atoms with van der Waals surface area (Å²) in [5, 5.41) is 8.01. The molecule has 4 atom stereocenters. The van der Waals surface area contributed by atoms with E-state index in [0.717, 1.165) is 30.6 Å². The van der Waals surface area contributed by atoms with Crippen molar-refractivity contribution in [2.45, 2.75) is 76.8 Å². The number of carbonyl (C=O) groups is 1. The van der Waals surface area contributed by atoms with Crippen molar-refractivity contribution in [3.05, 3.63) is 47.7 Å². The van der Waals surface area contributed by atoms with Gasteiger partial charge in [-0.1, -0.05) is 51.1 Å². The minimum absolute atomic E-state index is 0.103. The summed E-state index contributed by atoms with van der Waals surface area (Å²) < 4.78 is 29.5. The van der Waals surface area contributed by atoms with E-state index in [4.69, 9.17) is 0 Å². The summed E-state index contributed by atoms with van der Waals surface area (Å²) in [5.41, 5.74) is 1.60. The maximum Gasteiger partial charge on any atom is 0.260 e. The fraction of sp³-hybridized carbons (Fsp3) is 0.600. The molecule has 0 radical (unpaired) electrons. The molecule has 32 heavy (non-hydrogen) atoms. The number of carbonyl (C=O) groups excluding carboxylic acids is 1. The van der Waals surface area contributed by atoms with Gasteiger partial charge in [0.2, 0.25) is 5.91 Å². The number of halogens is 2. The maximum atomic E-state index is 14.0. The van der Waals surface area contributed by atoms with E-state index in [1.807, 2.05) is 69.0 Å². The average Bonchev–Trinajstić information content (AvgIpc) is 3.23. The fourth-order valence-electron chi connectivity index (χ4n) is 4.95. The van der Waals surface area contributed by atoms with Crippen molar-refractivity contribution in [1.82, 2.24) is 14.7 Å². The fourth-order valence-corrected chi connectivity index (χ4v) is 4.95. The van der Waals surface area contributed by atoms with Crippen molar-refractivity contribution >= 4 is 11.7 Å². The summed E-state index contributed by atoms with van der Waals surface area (Å²) in [5.74, 6) is 0.706. The normalized spacial score (nSPS) is 24.7. The van der Waals surface area contributed by atoms with Crippen LogP contribution in [0.4, 0.5) is 14.6 Å².